The zero-order chi connectivity index (χ0) is 19.7. The van der Waals surface area contributed by atoms with Crippen molar-refractivity contribution in [2.45, 2.75) is 31.7 Å². The topological polar surface area (TPSA) is 187 Å². The summed E-state index contributed by atoms with van der Waals surface area (Å²) in [6.45, 7) is 1.71. The fourth-order valence-corrected chi connectivity index (χ4v) is 1.43. The molecule has 0 spiro atoms. The number of rotatable bonds is 8. The number of carbonyl (C=O) groups is 4. The molecule has 12 heteroatoms. The van der Waals surface area contributed by atoms with Gasteiger partial charge in [0.1, 0.15) is 18.8 Å². The van der Waals surface area contributed by atoms with E-state index in [1.54, 1.807) is 0 Å². The summed E-state index contributed by atoms with van der Waals surface area (Å²) in [7, 11) is 5.68. The Balaban J connectivity index is -0.000000392. The predicted molar refractivity (Wildman–Crippen MR) is 75.9 cm³/mol. The summed E-state index contributed by atoms with van der Waals surface area (Å²) in [6, 6.07) is 0. The predicted octanol–water partition coefficient (Wildman–Crippen LogP) is -6.41. The minimum absolute atomic E-state index is 0. The average Bonchev–Trinajstić information content (AvgIpc) is 2.33. The van der Waals surface area contributed by atoms with Crippen molar-refractivity contribution in [1.29, 1.82) is 0 Å². The fourth-order valence-electron chi connectivity index (χ4n) is 1.43. The van der Waals surface area contributed by atoms with E-state index in [0.29, 0.717) is 11.0 Å². The quantitative estimate of drug-likeness (QED) is 0.234. The first-order valence-corrected chi connectivity index (χ1v) is 6.62. The van der Waals surface area contributed by atoms with Crippen LogP contribution in [0, 0.1) is 0 Å². The number of hydrogen-bond acceptors (Lipinski definition) is 10. The van der Waals surface area contributed by atoms with Crippen LogP contribution < -0.4 is 15.3 Å². The number of aliphatic hydroxyl groups is 2. The van der Waals surface area contributed by atoms with Crippen molar-refractivity contribution in [3.8, 4) is 0 Å². The van der Waals surface area contributed by atoms with Crippen LogP contribution in [0.25, 0.3) is 0 Å². The molecular weight excluding hydrogens is 354 g/mol. The van der Waals surface area contributed by atoms with Gasteiger partial charge in [0.15, 0.2) is 6.10 Å². The molecule has 2 N–H and O–H groups in total. The summed E-state index contributed by atoms with van der Waals surface area (Å²) >= 11 is 0. The van der Waals surface area contributed by atoms with Gasteiger partial charge in [-0.15, -0.1) is 0 Å². The van der Waals surface area contributed by atoms with Gasteiger partial charge in [-0.1, -0.05) is 0 Å². The molecule has 25 heavy (non-hydrogen) atoms. The second kappa shape index (κ2) is 12.8. The number of hydrogen-bond donors (Lipinski definition) is 2. The van der Waals surface area contributed by atoms with Gasteiger partial charge in [-0.05, 0) is 0 Å². The van der Waals surface area contributed by atoms with Gasteiger partial charge in [0.05, 0.1) is 33.1 Å². The normalized spacial score (nSPS) is 13.8. The summed E-state index contributed by atoms with van der Waals surface area (Å²) in [6.07, 6.45) is -5.75. The first-order chi connectivity index (χ1) is 10.7. The molecule has 0 aliphatic rings. The number of carbonyl (C=O) groups excluding carboxylic acids is 4. The van der Waals surface area contributed by atoms with Crippen LogP contribution in [-0.4, -0.2) is 108 Å². The molecular formula is C13H21MgNO10. The Morgan fingerprint density at radius 1 is 0.960 bits per heavy atom. The van der Waals surface area contributed by atoms with Crippen molar-refractivity contribution in [3.63, 3.8) is 0 Å². The maximum Gasteiger partial charge on any atom is 2.00 e. The molecule has 0 aliphatic heterocycles. The fraction of sp³-hybridized carbons (Fsp3) is 0.692. The first kappa shape index (κ1) is 28.3. The Morgan fingerprint density at radius 3 is 1.52 bits per heavy atom. The van der Waals surface area contributed by atoms with Crippen molar-refractivity contribution in [2.75, 3.05) is 27.7 Å². The number of ether oxygens (including phenoxy) is 1. The van der Waals surface area contributed by atoms with E-state index in [1.165, 1.54) is 6.92 Å². The standard InChI is InChI=1S/C9H17NO4.C4H6O6.Mg/c1-7(11)14-8(5-9(12)13)6-10(2,3)4;5-1(3(7)8)2(6)4(9)10;/h8H,5-6H2,1-4H3;1-2,5-6H,(H,7,8)(H,9,10);/q;;+2/p-2/t8-;;/m1../s1. The molecule has 0 heterocycles. The van der Waals surface area contributed by atoms with Crippen LogP contribution in [0.4, 0.5) is 0 Å². The molecule has 0 aromatic rings. The number of esters is 1. The van der Waals surface area contributed by atoms with Gasteiger partial charge < -0.3 is 49.1 Å². The molecule has 0 fully saturated rings. The number of likely N-dealkylation sites (N-methyl/N-ethyl adjacent to an activating group) is 1. The Kier molecular flexibility index (Phi) is 14.5. The van der Waals surface area contributed by atoms with E-state index >= 15 is 0 Å². The molecule has 0 rings (SSSR count). The Morgan fingerprint density at radius 2 is 1.32 bits per heavy atom. The molecule has 0 radical (unpaired) electrons. The molecule has 0 amide bonds. The van der Waals surface area contributed by atoms with E-state index in [0.717, 1.165) is 0 Å². The maximum atomic E-state index is 10.7. The SMILES string of the molecule is CC(=O)O[C@H](CC(=O)[O-])C[N+](C)(C)C.O=C([O-])C(O)C(O)C(=O)[O-].[Mg+2]. The molecule has 0 saturated carbocycles. The molecule has 0 saturated heterocycles. The number of carboxylic acids is 3. The van der Waals surface area contributed by atoms with Gasteiger partial charge >= 0.3 is 29.0 Å². The van der Waals surface area contributed by atoms with Crippen LogP contribution in [0.3, 0.4) is 0 Å². The van der Waals surface area contributed by atoms with E-state index in [1.807, 2.05) is 21.1 Å². The van der Waals surface area contributed by atoms with E-state index in [2.05, 4.69) is 0 Å². The largest absolute Gasteiger partial charge is 2.00 e. The van der Waals surface area contributed by atoms with Crippen LogP contribution in [0.5, 0.6) is 0 Å². The van der Waals surface area contributed by atoms with Crippen molar-refractivity contribution in [2.24, 2.45) is 0 Å². The van der Waals surface area contributed by atoms with Gasteiger partial charge in [0.25, 0.3) is 0 Å². The van der Waals surface area contributed by atoms with E-state index in [9.17, 15) is 34.5 Å². The second-order valence-corrected chi connectivity index (χ2v) is 5.81. The van der Waals surface area contributed by atoms with Crippen LogP contribution in [-0.2, 0) is 23.9 Å². The zero-order valence-electron chi connectivity index (χ0n) is 14.5. The Bertz CT molecular complexity index is 428. The van der Waals surface area contributed by atoms with Gasteiger partial charge in [-0.3, -0.25) is 4.79 Å². The van der Waals surface area contributed by atoms with Crippen molar-refractivity contribution < 1.29 is 53.9 Å². The van der Waals surface area contributed by atoms with Crippen molar-refractivity contribution in [1.82, 2.24) is 0 Å². The van der Waals surface area contributed by atoms with Crippen molar-refractivity contribution >= 4 is 46.9 Å². The van der Waals surface area contributed by atoms with Gasteiger partial charge in [-0.25, -0.2) is 0 Å². The third-order valence-electron chi connectivity index (χ3n) is 2.26. The molecule has 11 nitrogen and oxygen atoms in total. The molecule has 0 bridgehead atoms. The molecule has 0 aromatic carbocycles. The number of quaternary nitrogens is 1. The number of nitrogens with zero attached hydrogens (tertiary/aromatic N) is 1. The summed E-state index contributed by atoms with van der Waals surface area (Å²) in [4.78, 5) is 40.3. The average molecular weight is 376 g/mol. The smallest absolute Gasteiger partial charge is 0.550 e. The van der Waals surface area contributed by atoms with Gasteiger partial charge in [-0.2, -0.15) is 0 Å². The summed E-state index contributed by atoms with van der Waals surface area (Å²) in [5.41, 5.74) is 0. The number of carboxylic acid groups (broad SMARTS) is 3. The zero-order valence-corrected chi connectivity index (χ0v) is 15.9. The Labute approximate surface area is 160 Å². The Hall–Kier alpha value is -1.47. The van der Waals surface area contributed by atoms with Crippen LogP contribution in [0.2, 0.25) is 0 Å². The van der Waals surface area contributed by atoms with Crippen molar-refractivity contribution in [3.05, 3.63) is 0 Å². The first-order valence-electron chi connectivity index (χ1n) is 6.62. The molecule has 0 aliphatic carbocycles. The van der Waals surface area contributed by atoms with Crippen LogP contribution in [0.15, 0.2) is 0 Å². The van der Waals surface area contributed by atoms with Gasteiger partial charge in [0, 0.05) is 19.3 Å². The molecule has 140 valence electrons. The van der Waals surface area contributed by atoms with E-state index in [-0.39, 0.29) is 29.5 Å². The van der Waals surface area contributed by atoms with E-state index in [4.69, 9.17) is 14.9 Å². The maximum absolute atomic E-state index is 10.7. The molecule has 3 atom stereocenters. The van der Waals surface area contributed by atoms with Gasteiger partial charge in [0.2, 0.25) is 0 Å². The summed E-state index contributed by atoms with van der Waals surface area (Å²) in [5, 5.41) is 46.1. The monoisotopic (exact) mass is 375 g/mol. The van der Waals surface area contributed by atoms with Crippen LogP contribution in [0.1, 0.15) is 13.3 Å². The van der Waals surface area contributed by atoms with Crippen LogP contribution >= 0.6 is 0 Å². The minimum atomic E-state index is -2.44. The van der Waals surface area contributed by atoms with E-state index < -0.39 is 42.2 Å². The summed E-state index contributed by atoms with van der Waals surface area (Å²) in [5.74, 6) is -5.79. The third-order valence-corrected chi connectivity index (χ3v) is 2.26. The summed E-state index contributed by atoms with van der Waals surface area (Å²) < 4.78 is 5.39. The second-order valence-electron chi connectivity index (χ2n) is 5.81. The molecule has 2 unspecified atom stereocenters. The third kappa shape index (κ3) is 17.1. The molecule has 0 aromatic heterocycles. The minimum Gasteiger partial charge on any atom is -0.550 e. The number of aliphatic hydroxyl groups excluding tert-OH is 2. The number of aliphatic carboxylic acids is 3.